The summed E-state index contributed by atoms with van der Waals surface area (Å²) in [4.78, 5) is 4.31. The van der Waals surface area contributed by atoms with Gasteiger partial charge < -0.3 is 0 Å². The maximum atomic E-state index is 4.59. The van der Waals surface area contributed by atoms with Crippen molar-refractivity contribution in [2.75, 3.05) is 0 Å². The van der Waals surface area contributed by atoms with Gasteiger partial charge in [0.25, 0.3) is 0 Å². The minimum absolute atomic E-state index is 0.799. The van der Waals surface area contributed by atoms with Crippen molar-refractivity contribution in [2.24, 2.45) is 0 Å². The highest BCUT2D eigenvalue weighted by Crippen LogP contribution is 2.23. The van der Waals surface area contributed by atoms with Crippen LogP contribution in [0.2, 0.25) is 0 Å². The zero-order chi connectivity index (χ0) is 12.7. The molecule has 0 amide bonds. The van der Waals surface area contributed by atoms with E-state index in [1.54, 1.807) is 4.52 Å². The minimum Gasteiger partial charge on any atom is -0.220 e. The second-order valence-electron chi connectivity index (χ2n) is 4.40. The number of imidazole rings is 1. The van der Waals surface area contributed by atoms with Gasteiger partial charge in [-0.1, -0.05) is 17.7 Å². The molecule has 1 aromatic carbocycles. The number of aromatic nitrogens is 3. The topological polar surface area (TPSA) is 30.2 Å². The van der Waals surface area contributed by atoms with Gasteiger partial charge >= 0.3 is 0 Å². The molecular formula is C14H12BrN3. The van der Waals surface area contributed by atoms with Crippen molar-refractivity contribution in [1.82, 2.24) is 14.6 Å². The van der Waals surface area contributed by atoms with Gasteiger partial charge in [0.2, 0.25) is 0 Å². The van der Waals surface area contributed by atoms with Gasteiger partial charge in [0, 0.05) is 5.56 Å². The summed E-state index contributed by atoms with van der Waals surface area (Å²) in [6, 6.07) is 10.4. The third kappa shape index (κ3) is 1.93. The minimum atomic E-state index is 0.799. The first-order valence-electron chi connectivity index (χ1n) is 5.73. The highest BCUT2D eigenvalue weighted by atomic mass is 79.9. The van der Waals surface area contributed by atoms with Crippen molar-refractivity contribution in [3.05, 3.63) is 52.3 Å². The predicted octanol–water partition coefficient (Wildman–Crippen LogP) is 3.78. The molecule has 3 nitrogen and oxygen atoms in total. The van der Waals surface area contributed by atoms with E-state index in [0.29, 0.717) is 0 Å². The van der Waals surface area contributed by atoms with Crippen LogP contribution in [-0.2, 0) is 0 Å². The second-order valence-corrected chi connectivity index (χ2v) is 5.22. The second kappa shape index (κ2) is 4.21. The largest absolute Gasteiger partial charge is 0.220 e. The molecule has 0 aliphatic heterocycles. The van der Waals surface area contributed by atoms with E-state index < -0.39 is 0 Å². The van der Waals surface area contributed by atoms with Crippen molar-refractivity contribution < 1.29 is 0 Å². The Balaban J connectivity index is 2.21. The molecule has 0 fully saturated rings. The molecule has 0 unspecified atom stereocenters. The molecule has 3 rings (SSSR count). The number of benzene rings is 1. The molecule has 18 heavy (non-hydrogen) atoms. The Labute approximate surface area is 114 Å². The standard InChI is InChI=1S/C14H12BrN3/c1-9-3-4-10(2)11(7-9)12-5-6-14-16-13(15)8-18(14)17-12/h3-8H,1-2H3. The fourth-order valence-corrected chi connectivity index (χ4v) is 2.38. The molecule has 0 aliphatic rings. The zero-order valence-corrected chi connectivity index (χ0v) is 11.8. The SMILES string of the molecule is Cc1ccc(C)c(-c2ccc3nc(Br)cn3n2)c1. The first-order valence-corrected chi connectivity index (χ1v) is 6.52. The summed E-state index contributed by atoms with van der Waals surface area (Å²) >= 11 is 3.36. The number of hydrogen-bond acceptors (Lipinski definition) is 2. The number of rotatable bonds is 1. The molecule has 0 atom stereocenters. The van der Waals surface area contributed by atoms with Crippen LogP contribution in [0.25, 0.3) is 16.9 Å². The molecule has 0 saturated heterocycles. The fraction of sp³-hybridized carbons (Fsp3) is 0.143. The van der Waals surface area contributed by atoms with Gasteiger partial charge in [-0.15, -0.1) is 0 Å². The lowest BCUT2D eigenvalue weighted by atomic mass is 10.0. The Morgan fingerprint density at radius 1 is 1.11 bits per heavy atom. The van der Waals surface area contributed by atoms with Crippen LogP contribution < -0.4 is 0 Å². The van der Waals surface area contributed by atoms with E-state index in [2.05, 4.69) is 58.1 Å². The number of aryl methyl sites for hydroxylation is 2. The molecule has 90 valence electrons. The maximum Gasteiger partial charge on any atom is 0.154 e. The maximum absolute atomic E-state index is 4.59. The number of hydrogen-bond donors (Lipinski definition) is 0. The molecule has 2 heterocycles. The predicted molar refractivity (Wildman–Crippen MR) is 75.6 cm³/mol. The highest BCUT2D eigenvalue weighted by Gasteiger charge is 2.06. The Bertz CT molecular complexity index is 731. The van der Waals surface area contributed by atoms with Crippen LogP contribution in [0.1, 0.15) is 11.1 Å². The smallest absolute Gasteiger partial charge is 0.154 e. The monoisotopic (exact) mass is 301 g/mol. The molecule has 0 saturated carbocycles. The van der Waals surface area contributed by atoms with Gasteiger partial charge in [0.05, 0.1) is 11.9 Å². The highest BCUT2D eigenvalue weighted by molar-refractivity contribution is 9.10. The molecule has 0 spiro atoms. The summed E-state index contributed by atoms with van der Waals surface area (Å²) in [6.45, 7) is 4.19. The van der Waals surface area contributed by atoms with E-state index in [0.717, 1.165) is 15.9 Å². The van der Waals surface area contributed by atoms with E-state index in [4.69, 9.17) is 0 Å². The van der Waals surface area contributed by atoms with Crippen LogP contribution in [-0.4, -0.2) is 14.6 Å². The summed E-state index contributed by atoms with van der Waals surface area (Å²) in [5.74, 6) is 0. The van der Waals surface area contributed by atoms with E-state index in [1.165, 1.54) is 16.7 Å². The van der Waals surface area contributed by atoms with E-state index >= 15 is 0 Å². The fourth-order valence-electron chi connectivity index (χ4n) is 2.01. The number of nitrogens with zero attached hydrogens (tertiary/aromatic N) is 3. The average Bonchev–Trinajstić information content (AvgIpc) is 2.71. The zero-order valence-electron chi connectivity index (χ0n) is 10.2. The van der Waals surface area contributed by atoms with E-state index in [-0.39, 0.29) is 0 Å². The lowest BCUT2D eigenvalue weighted by Crippen LogP contribution is -1.94. The van der Waals surface area contributed by atoms with Gasteiger partial charge in [0.15, 0.2) is 5.65 Å². The average molecular weight is 302 g/mol. The Hall–Kier alpha value is -1.68. The lowest BCUT2D eigenvalue weighted by molar-refractivity contribution is 0.940. The third-order valence-electron chi connectivity index (χ3n) is 2.96. The van der Waals surface area contributed by atoms with Crippen molar-refractivity contribution in [3.8, 4) is 11.3 Å². The quantitative estimate of drug-likeness (QED) is 0.685. The Kier molecular flexibility index (Phi) is 2.67. The van der Waals surface area contributed by atoms with Crippen LogP contribution in [0.5, 0.6) is 0 Å². The lowest BCUT2D eigenvalue weighted by Gasteiger charge is -2.06. The van der Waals surface area contributed by atoms with Gasteiger partial charge in [-0.05, 0) is 53.5 Å². The molecule has 3 aromatic rings. The van der Waals surface area contributed by atoms with Crippen LogP contribution in [0.3, 0.4) is 0 Å². The normalized spacial score (nSPS) is 11.1. The van der Waals surface area contributed by atoms with Crippen molar-refractivity contribution in [2.45, 2.75) is 13.8 Å². The van der Waals surface area contributed by atoms with Crippen molar-refractivity contribution in [3.63, 3.8) is 0 Å². The molecule has 0 bridgehead atoms. The van der Waals surface area contributed by atoms with Gasteiger partial charge in [-0.3, -0.25) is 0 Å². The van der Waals surface area contributed by atoms with Crippen molar-refractivity contribution in [1.29, 1.82) is 0 Å². The first kappa shape index (κ1) is 11.4. The summed E-state index contributed by atoms with van der Waals surface area (Å²) in [5, 5.41) is 4.59. The Morgan fingerprint density at radius 2 is 1.94 bits per heavy atom. The third-order valence-corrected chi connectivity index (χ3v) is 3.34. The number of fused-ring (bicyclic) bond motifs is 1. The van der Waals surface area contributed by atoms with Gasteiger partial charge in [-0.2, -0.15) is 5.10 Å². The van der Waals surface area contributed by atoms with Crippen LogP contribution in [0, 0.1) is 13.8 Å². The van der Waals surface area contributed by atoms with E-state index in [9.17, 15) is 0 Å². The van der Waals surface area contributed by atoms with Gasteiger partial charge in [0.1, 0.15) is 4.60 Å². The molecule has 2 aromatic heterocycles. The molecule has 4 heteroatoms. The van der Waals surface area contributed by atoms with Crippen LogP contribution in [0.15, 0.2) is 41.1 Å². The number of halogens is 1. The summed E-state index contributed by atoms with van der Waals surface area (Å²) in [6.07, 6.45) is 1.87. The van der Waals surface area contributed by atoms with Crippen molar-refractivity contribution >= 4 is 21.6 Å². The van der Waals surface area contributed by atoms with Gasteiger partial charge in [-0.25, -0.2) is 9.50 Å². The first-order chi connectivity index (χ1) is 8.63. The molecule has 0 aliphatic carbocycles. The summed E-state index contributed by atoms with van der Waals surface area (Å²) < 4.78 is 2.59. The van der Waals surface area contributed by atoms with Crippen LogP contribution in [0.4, 0.5) is 0 Å². The molecule has 0 N–H and O–H groups in total. The summed E-state index contributed by atoms with van der Waals surface area (Å²) in [7, 11) is 0. The molecule has 0 radical (unpaired) electrons. The summed E-state index contributed by atoms with van der Waals surface area (Å²) in [5.41, 5.74) is 5.45. The molecular weight excluding hydrogens is 290 g/mol. The Morgan fingerprint density at radius 3 is 2.78 bits per heavy atom. The van der Waals surface area contributed by atoms with Crippen LogP contribution >= 0.6 is 15.9 Å². The van der Waals surface area contributed by atoms with E-state index in [1.807, 2.05) is 18.3 Å².